The lowest BCUT2D eigenvalue weighted by atomic mass is 10.1. The highest BCUT2D eigenvalue weighted by molar-refractivity contribution is 6.30. The third-order valence-electron chi connectivity index (χ3n) is 2.97. The third kappa shape index (κ3) is 3.99. The molecule has 0 saturated carbocycles. The third-order valence-corrected chi connectivity index (χ3v) is 3.17. The zero-order valence-electron chi connectivity index (χ0n) is 9.79. The first kappa shape index (κ1) is 12.8. The molecule has 0 aromatic heterocycles. The highest BCUT2D eigenvalue weighted by atomic mass is 35.5. The molecule has 0 aromatic carbocycles. The second kappa shape index (κ2) is 5.71. The molecule has 0 aromatic rings. The van der Waals surface area contributed by atoms with Crippen molar-refractivity contribution >= 4 is 17.5 Å². The van der Waals surface area contributed by atoms with Crippen molar-refractivity contribution in [2.24, 2.45) is 5.92 Å². The fourth-order valence-corrected chi connectivity index (χ4v) is 1.96. The number of amides is 1. The standard InChI is InChI=1S/C11H21ClN2O/c1-8(2)14-5-4-10(7-14)6-13-11(15)9(3)12/h8-10H,4-7H2,1-3H3,(H,13,15). The Morgan fingerprint density at radius 3 is 2.67 bits per heavy atom. The average molecular weight is 233 g/mol. The van der Waals surface area contributed by atoms with Crippen LogP contribution in [0.4, 0.5) is 0 Å². The SMILES string of the molecule is CC(Cl)C(=O)NCC1CCN(C(C)C)C1. The summed E-state index contributed by atoms with van der Waals surface area (Å²) in [6.07, 6.45) is 1.18. The Bertz CT molecular complexity index is 219. The first-order valence-corrected chi connectivity index (χ1v) is 6.10. The molecular weight excluding hydrogens is 212 g/mol. The van der Waals surface area contributed by atoms with E-state index < -0.39 is 5.38 Å². The van der Waals surface area contributed by atoms with Crippen molar-refractivity contribution in [1.82, 2.24) is 10.2 Å². The van der Waals surface area contributed by atoms with Crippen LogP contribution in [-0.2, 0) is 4.79 Å². The van der Waals surface area contributed by atoms with Gasteiger partial charge in [0.2, 0.25) is 5.91 Å². The van der Waals surface area contributed by atoms with Gasteiger partial charge in [0.15, 0.2) is 0 Å². The number of carbonyl (C=O) groups excluding carboxylic acids is 1. The molecule has 4 heteroatoms. The van der Waals surface area contributed by atoms with E-state index in [9.17, 15) is 4.79 Å². The topological polar surface area (TPSA) is 32.3 Å². The van der Waals surface area contributed by atoms with E-state index in [4.69, 9.17) is 11.6 Å². The Hall–Kier alpha value is -0.280. The minimum absolute atomic E-state index is 0.0559. The minimum Gasteiger partial charge on any atom is -0.355 e. The van der Waals surface area contributed by atoms with Gasteiger partial charge in [0.1, 0.15) is 5.38 Å². The summed E-state index contributed by atoms with van der Waals surface area (Å²) in [5.74, 6) is 0.534. The number of carbonyl (C=O) groups is 1. The first-order chi connectivity index (χ1) is 7.00. The summed E-state index contributed by atoms with van der Waals surface area (Å²) in [6.45, 7) is 9.12. The summed E-state index contributed by atoms with van der Waals surface area (Å²) in [4.78, 5) is 13.7. The van der Waals surface area contributed by atoms with Crippen molar-refractivity contribution < 1.29 is 4.79 Å². The van der Waals surface area contributed by atoms with E-state index in [1.807, 2.05) is 0 Å². The summed E-state index contributed by atoms with van der Waals surface area (Å²) in [5, 5.41) is 2.46. The van der Waals surface area contributed by atoms with Crippen LogP contribution in [0.3, 0.4) is 0 Å². The van der Waals surface area contributed by atoms with Gasteiger partial charge in [-0.1, -0.05) is 0 Å². The maximum atomic E-state index is 11.3. The molecule has 1 N–H and O–H groups in total. The Balaban J connectivity index is 2.22. The molecule has 2 unspecified atom stereocenters. The van der Waals surface area contributed by atoms with E-state index in [0.717, 1.165) is 19.6 Å². The van der Waals surface area contributed by atoms with Crippen molar-refractivity contribution in [2.75, 3.05) is 19.6 Å². The monoisotopic (exact) mass is 232 g/mol. The molecule has 0 radical (unpaired) electrons. The summed E-state index contributed by atoms with van der Waals surface area (Å²) in [6, 6.07) is 0.609. The van der Waals surface area contributed by atoms with Crippen molar-refractivity contribution in [1.29, 1.82) is 0 Å². The van der Waals surface area contributed by atoms with Crippen LogP contribution >= 0.6 is 11.6 Å². The molecular formula is C11H21ClN2O. The van der Waals surface area contributed by atoms with Gasteiger partial charge < -0.3 is 10.2 Å². The van der Waals surface area contributed by atoms with Crippen LogP contribution in [0.1, 0.15) is 27.2 Å². The zero-order chi connectivity index (χ0) is 11.4. The summed E-state index contributed by atoms with van der Waals surface area (Å²) >= 11 is 5.67. The molecule has 0 bridgehead atoms. The lowest BCUT2D eigenvalue weighted by Gasteiger charge is -2.20. The van der Waals surface area contributed by atoms with Gasteiger partial charge in [-0.3, -0.25) is 4.79 Å². The van der Waals surface area contributed by atoms with Crippen LogP contribution in [-0.4, -0.2) is 41.9 Å². The number of nitrogens with zero attached hydrogens (tertiary/aromatic N) is 1. The van der Waals surface area contributed by atoms with Crippen LogP contribution in [0.5, 0.6) is 0 Å². The Morgan fingerprint density at radius 1 is 1.53 bits per heavy atom. The van der Waals surface area contributed by atoms with Crippen LogP contribution in [0.2, 0.25) is 0 Å². The van der Waals surface area contributed by atoms with Gasteiger partial charge in [-0.05, 0) is 39.7 Å². The van der Waals surface area contributed by atoms with E-state index in [1.54, 1.807) is 6.92 Å². The van der Waals surface area contributed by atoms with Crippen molar-refractivity contribution in [3.05, 3.63) is 0 Å². The number of rotatable bonds is 4. The molecule has 1 rings (SSSR count). The number of alkyl halides is 1. The van der Waals surface area contributed by atoms with Crippen LogP contribution in [0.15, 0.2) is 0 Å². The number of likely N-dealkylation sites (tertiary alicyclic amines) is 1. The van der Waals surface area contributed by atoms with E-state index in [2.05, 4.69) is 24.1 Å². The van der Waals surface area contributed by atoms with Crippen molar-refractivity contribution in [2.45, 2.75) is 38.6 Å². The molecule has 88 valence electrons. The predicted octanol–water partition coefficient (Wildman–Crippen LogP) is 1.46. The molecule has 1 fully saturated rings. The van der Waals surface area contributed by atoms with Gasteiger partial charge in [0.25, 0.3) is 0 Å². The second-order valence-electron chi connectivity index (χ2n) is 4.60. The number of nitrogens with one attached hydrogen (secondary N) is 1. The molecule has 1 heterocycles. The van der Waals surface area contributed by atoms with Gasteiger partial charge in [0, 0.05) is 19.1 Å². The zero-order valence-corrected chi connectivity index (χ0v) is 10.5. The van der Waals surface area contributed by atoms with Gasteiger partial charge in [-0.15, -0.1) is 11.6 Å². The largest absolute Gasteiger partial charge is 0.355 e. The molecule has 1 saturated heterocycles. The Labute approximate surface area is 97.2 Å². The first-order valence-electron chi connectivity index (χ1n) is 5.66. The molecule has 0 aliphatic carbocycles. The summed E-state index contributed by atoms with van der Waals surface area (Å²) in [5.41, 5.74) is 0. The van der Waals surface area contributed by atoms with Crippen molar-refractivity contribution in [3.8, 4) is 0 Å². The highest BCUT2D eigenvalue weighted by Crippen LogP contribution is 2.17. The molecule has 2 atom stereocenters. The van der Waals surface area contributed by atoms with Crippen LogP contribution in [0.25, 0.3) is 0 Å². The predicted molar refractivity (Wildman–Crippen MR) is 63.1 cm³/mol. The average Bonchev–Trinajstić information content (AvgIpc) is 2.62. The maximum Gasteiger partial charge on any atom is 0.237 e. The molecule has 1 aliphatic rings. The molecule has 1 aliphatic heterocycles. The minimum atomic E-state index is -0.424. The molecule has 0 spiro atoms. The Morgan fingerprint density at radius 2 is 2.20 bits per heavy atom. The molecule has 1 amide bonds. The van der Waals surface area contributed by atoms with Gasteiger partial charge in [-0.25, -0.2) is 0 Å². The van der Waals surface area contributed by atoms with Crippen LogP contribution < -0.4 is 5.32 Å². The number of halogens is 1. The molecule has 15 heavy (non-hydrogen) atoms. The Kier molecular flexibility index (Phi) is 4.87. The summed E-state index contributed by atoms with van der Waals surface area (Å²) < 4.78 is 0. The highest BCUT2D eigenvalue weighted by Gasteiger charge is 2.24. The van der Waals surface area contributed by atoms with E-state index in [-0.39, 0.29) is 5.91 Å². The van der Waals surface area contributed by atoms with Crippen LogP contribution in [0, 0.1) is 5.92 Å². The number of hydrogen-bond donors (Lipinski definition) is 1. The lowest BCUT2D eigenvalue weighted by Crippen LogP contribution is -2.35. The number of hydrogen-bond acceptors (Lipinski definition) is 2. The fraction of sp³-hybridized carbons (Fsp3) is 0.909. The summed E-state index contributed by atoms with van der Waals surface area (Å²) in [7, 11) is 0. The van der Waals surface area contributed by atoms with Crippen molar-refractivity contribution in [3.63, 3.8) is 0 Å². The van der Waals surface area contributed by atoms with Gasteiger partial charge in [-0.2, -0.15) is 0 Å². The second-order valence-corrected chi connectivity index (χ2v) is 5.26. The smallest absolute Gasteiger partial charge is 0.237 e. The van der Waals surface area contributed by atoms with E-state index in [0.29, 0.717) is 12.0 Å². The molecule has 3 nitrogen and oxygen atoms in total. The quantitative estimate of drug-likeness (QED) is 0.745. The lowest BCUT2D eigenvalue weighted by molar-refractivity contribution is -0.120. The van der Waals surface area contributed by atoms with E-state index in [1.165, 1.54) is 6.42 Å². The normalized spacial score (nSPS) is 24.5. The van der Waals surface area contributed by atoms with Gasteiger partial charge in [0.05, 0.1) is 0 Å². The van der Waals surface area contributed by atoms with Gasteiger partial charge >= 0.3 is 0 Å². The fourth-order valence-electron chi connectivity index (χ4n) is 1.88. The maximum absolute atomic E-state index is 11.3. The van der Waals surface area contributed by atoms with E-state index >= 15 is 0 Å².